The summed E-state index contributed by atoms with van der Waals surface area (Å²) < 4.78 is 20.2. The molecule has 3 aromatic rings. The number of amides is 1. The molecule has 1 aliphatic heterocycles. The van der Waals surface area contributed by atoms with Gasteiger partial charge >= 0.3 is 5.69 Å². The number of carbonyl (C=O) groups is 1. The van der Waals surface area contributed by atoms with Crippen LogP contribution in [-0.4, -0.2) is 54.6 Å². The van der Waals surface area contributed by atoms with Gasteiger partial charge in [0.2, 0.25) is 5.91 Å². The quantitative estimate of drug-likeness (QED) is 0.563. The zero-order valence-corrected chi connectivity index (χ0v) is 19.3. The van der Waals surface area contributed by atoms with Gasteiger partial charge < -0.3 is 24.4 Å². The molecule has 0 saturated carbocycles. The van der Waals surface area contributed by atoms with Gasteiger partial charge in [0, 0.05) is 32.3 Å². The molecular weight excluding hydrogens is 424 g/mol. The van der Waals surface area contributed by atoms with Gasteiger partial charge in [0.05, 0.1) is 48.8 Å². The van der Waals surface area contributed by atoms with Crippen molar-refractivity contribution in [2.45, 2.75) is 20.4 Å². The van der Waals surface area contributed by atoms with E-state index in [-0.39, 0.29) is 18.1 Å². The lowest BCUT2D eigenvalue weighted by atomic mass is 10.2. The molecule has 176 valence electrons. The summed E-state index contributed by atoms with van der Waals surface area (Å²) >= 11 is 0. The fourth-order valence-corrected chi connectivity index (χ4v) is 4.09. The molecule has 2 heterocycles. The Hall–Kier alpha value is -3.46. The smallest absolute Gasteiger partial charge is 0.329 e. The highest BCUT2D eigenvalue weighted by atomic mass is 16.5. The zero-order valence-electron chi connectivity index (χ0n) is 19.3. The van der Waals surface area contributed by atoms with E-state index in [0.717, 1.165) is 24.3 Å². The summed E-state index contributed by atoms with van der Waals surface area (Å²) in [5.41, 5.74) is 2.66. The standard InChI is InChI=1S/C24H30N4O5/c1-4-32-21-15-20(27-10-12-31-13-11-27)22(33-5-2)14-17(21)25-23(29)16-28-19-9-7-6-8-18(19)26(3)24(28)30/h6-9,14-15H,4-5,10-13,16H2,1-3H3,(H,25,29). The largest absolute Gasteiger partial charge is 0.492 e. The molecule has 9 nitrogen and oxygen atoms in total. The molecule has 0 atom stereocenters. The van der Waals surface area contributed by atoms with Gasteiger partial charge in [-0.05, 0) is 26.0 Å². The number of anilines is 2. The minimum absolute atomic E-state index is 0.110. The predicted octanol–water partition coefficient (Wildman–Crippen LogP) is 2.61. The number of fused-ring (bicyclic) bond motifs is 1. The number of para-hydroxylation sites is 2. The number of ether oxygens (including phenoxy) is 3. The molecule has 0 radical (unpaired) electrons. The minimum atomic E-state index is -0.323. The van der Waals surface area contributed by atoms with Crippen molar-refractivity contribution in [2.75, 3.05) is 49.7 Å². The highest BCUT2D eigenvalue weighted by Crippen LogP contribution is 2.39. The van der Waals surface area contributed by atoms with Crippen molar-refractivity contribution in [1.29, 1.82) is 0 Å². The summed E-state index contributed by atoms with van der Waals surface area (Å²) in [6.45, 7) is 7.44. The minimum Gasteiger partial charge on any atom is -0.492 e. The predicted molar refractivity (Wildman–Crippen MR) is 128 cm³/mol. The van der Waals surface area contributed by atoms with Gasteiger partial charge in [0.25, 0.3) is 0 Å². The van der Waals surface area contributed by atoms with E-state index < -0.39 is 0 Å². The van der Waals surface area contributed by atoms with E-state index in [1.165, 1.54) is 4.57 Å². The van der Waals surface area contributed by atoms with Gasteiger partial charge in [-0.15, -0.1) is 0 Å². The normalized spacial score (nSPS) is 13.8. The zero-order chi connectivity index (χ0) is 23.4. The summed E-state index contributed by atoms with van der Waals surface area (Å²) in [7, 11) is 1.70. The maximum absolute atomic E-state index is 13.0. The van der Waals surface area contributed by atoms with Crippen LogP contribution in [0, 0.1) is 0 Å². The molecule has 9 heteroatoms. The van der Waals surface area contributed by atoms with Crippen LogP contribution < -0.4 is 25.4 Å². The Bertz CT molecular complexity index is 1190. The Kier molecular flexibility index (Phi) is 6.88. The Morgan fingerprint density at radius 2 is 1.70 bits per heavy atom. The Morgan fingerprint density at radius 3 is 2.39 bits per heavy atom. The first-order valence-corrected chi connectivity index (χ1v) is 11.2. The number of nitrogens with one attached hydrogen (secondary N) is 1. The van der Waals surface area contributed by atoms with Gasteiger partial charge in [-0.2, -0.15) is 0 Å². The van der Waals surface area contributed by atoms with Crippen molar-refractivity contribution >= 4 is 28.3 Å². The van der Waals surface area contributed by atoms with Crippen LogP contribution in [0.1, 0.15) is 13.8 Å². The first kappa shape index (κ1) is 22.7. The molecule has 1 N–H and O–H groups in total. The molecule has 1 aromatic heterocycles. The number of hydrogen-bond acceptors (Lipinski definition) is 6. The number of benzene rings is 2. The summed E-state index contributed by atoms with van der Waals surface area (Å²) in [6, 6.07) is 11.1. The Labute approximate surface area is 192 Å². The molecule has 1 aliphatic rings. The number of hydrogen-bond donors (Lipinski definition) is 1. The summed E-state index contributed by atoms with van der Waals surface area (Å²) in [5.74, 6) is 0.900. The summed E-state index contributed by atoms with van der Waals surface area (Å²) in [4.78, 5) is 27.9. The third kappa shape index (κ3) is 4.68. The monoisotopic (exact) mass is 454 g/mol. The van der Waals surface area contributed by atoms with Crippen LogP contribution >= 0.6 is 0 Å². The van der Waals surface area contributed by atoms with E-state index in [4.69, 9.17) is 14.2 Å². The number of rotatable bonds is 8. The van der Waals surface area contributed by atoms with Crippen molar-refractivity contribution in [2.24, 2.45) is 7.05 Å². The summed E-state index contributed by atoms with van der Waals surface area (Å²) in [6.07, 6.45) is 0. The third-order valence-corrected chi connectivity index (χ3v) is 5.64. The molecule has 0 unspecified atom stereocenters. The van der Waals surface area contributed by atoms with Crippen LogP contribution in [0.2, 0.25) is 0 Å². The molecule has 1 fully saturated rings. The third-order valence-electron chi connectivity index (χ3n) is 5.64. The second-order valence-corrected chi connectivity index (χ2v) is 7.75. The van der Waals surface area contributed by atoms with Gasteiger partial charge in [-0.1, -0.05) is 12.1 Å². The molecule has 0 spiro atoms. The van der Waals surface area contributed by atoms with E-state index >= 15 is 0 Å². The number of nitrogens with zero attached hydrogens (tertiary/aromatic N) is 3. The number of aromatic nitrogens is 2. The van der Waals surface area contributed by atoms with Crippen molar-refractivity contribution in [1.82, 2.24) is 9.13 Å². The van der Waals surface area contributed by atoms with Crippen LogP contribution in [0.3, 0.4) is 0 Å². The second-order valence-electron chi connectivity index (χ2n) is 7.75. The lowest BCUT2D eigenvalue weighted by Crippen LogP contribution is -2.36. The van der Waals surface area contributed by atoms with Crippen LogP contribution in [-0.2, 0) is 23.1 Å². The van der Waals surface area contributed by atoms with E-state index in [2.05, 4.69) is 10.2 Å². The first-order chi connectivity index (χ1) is 16.0. The Morgan fingerprint density at radius 1 is 1.03 bits per heavy atom. The van der Waals surface area contributed by atoms with Crippen molar-refractivity contribution < 1.29 is 19.0 Å². The SMILES string of the molecule is CCOc1cc(N2CCOCC2)c(OCC)cc1NC(=O)Cn1c(=O)n(C)c2ccccc21. The van der Waals surface area contributed by atoms with Crippen molar-refractivity contribution in [3.05, 3.63) is 46.9 Å². The van der Waals surface area contributed by atoms with E-state index in [1.54, 1.807) is 17.7 Å². The van der Waals surface area contributed by atoms with Crippen LogP contribution in [0.15, 0.2) is 41.2 Å². The van der Waals surface area contributed by atoms with Crippen LogP contribution in [0.5, 0.6) is 11.5 Å². The topological polar surface area (TPSA) is 87.0 Å². The average Bonchev–Trinajstić information content (AvgIpc) is 3.06. The lowest BCUT2D eigenvalue weighted by molar-refractivity contribution is -0.116. The van der Waals surface area contributed by atoms with Gasteiger partial charge in [0.15, 0.2) is 0 Å². The first-order valence-electron chi connectivity index (χ1n) is 11.2. The molecule has 0 aliphatic carbocycles. The Balaban J connectivity index is 1.64. The molecule has 1 amide bonds. The second kappa shape index (κ2) is 9.99. The fraction of sp³-hybridized carbons (Fsp3) is 0.417. The number of imidazole rings is 1. The number of aryl methyl sites for hydroxylation is 1. The molecule has 2 aromatic carbocycles. The van der Waals surface area contributed by atoms with E-state index in [0.29, 0.717) is 49.1 Å². The van der Waals surface area contributed by atoms with Crippen LogP contribution in [0.25, 0.3) is 11.0 Å². The molecule has 4 rings (SSSR count). The van der Waals surface area contributed by atoms with Gasteiger partial charge in [-0.25, -0.2) is 4.79 Å². The maximum Gasteiger partial charge on any atom is 0.329 e. The highest BCUT2D eigenvalue weighted by molar-refractivity contribution is 5.94. The lowest BCUT2D eigenvalue weighted by Gasteiger charge is -2.31. The van der Waals surface area contributed by atoms with Crippen molar-refractivity contribution in [3.8, 4) is 11.5 Å². The molecule has 1 saturated heterocycles. The fourth-order valence-electron chi connectivity index (χ4n) is 4.09. The number of carbonyl (C=O) groups excluding carboxylic acids is 1. The maximum atomic E-state index is 13.0. The molecule has 33 heavy (non-hydrogen) atoms. The molecule has 0 bridgehead atoms. The van der Waals surface area contributed by atoms with Gasteiger partial charge in [0.1, 0.15) is 18.0 Å². The number of morpholine rings is 1. The molecular formula is C24H30N4O5. The highest BCUT2D eigenvalue weighted by Gasteiger charge is 2.21. The van der Waals surface area contributed by atoms with Crippen LogP contribution in [0.4, 0.5) is 11.4 Å². The van der Waals surface area contributed by atoms with E-state index in [9.17, 15) is 9.59 Å². The average molecular weight is 455 g/mol. The summed E-state index contributed by atoms with van der Waals surface area (Å²) in [5, 5.41) is 2.92. The van der Waals surface area contributed by atoms with E-state index in [1.807, 2.05) is 44.2 Å². The van der Waals surface area contributed by atoms with Gasteiger partial charge in [-0.3, -0.25) is 13.9 Å². The van der Waals surface area contributed by atoms with Crippen molar-refractivity contribution in [3.63, 3.8) is 0 Å².